The highest BCUT2D eigenvalue weighted by Gasteiger charge is 2.29. The van der Waals surface area contributed by atoms with Gasteiger partial charge in [0.1, 0.15) is 5.82 Å². The van der Waals surface area contributed by atoms with Gasteiger partial charge < -0.3 is 4.90 Å². The normalized spacial score (nSPS) is 21.9. The van der Waals surface area contributed by atoms with Crippen molar-refractivity contribution >= 4 is 11.8 Å². The van der Waals surface area contributed by atoms with E-state index in [0.29, 0.717) is 6.04 Å². The Balaban J connectivity index is 1.77. The Labute approximate surface area is 147 Å². The lowest BCUT2D eigenvalue weighted by atomic mass is 9.95. The monoisotopic (exact) mass is 342 g/mol. The van der Waals surface area contributed by atoms with Crippen LogP contribution in [0.3, 0.4) is 0 Å². The maximum Gasteiger partial charge on any atom is 0.123 e. The van der Waals surface area contributed by atoms with Crippen LogP contribution in [0.1, 0.15) is 22.7 Å². The minimum absolute atomic E-state index is 0.131. The first-order valence-electron chi connectivity index (χ1n) is 8.59. The average molecular weight is 342 g/mol. The Hall–Kier alpha value is -1.36. The van der Waals surface area contributed by atoms with E-state index in [9.17, 15) is 4.39 Å². The second-order valence-corrected chi connectivity index (χ2v) is 8.04. The molecule has 126 valence electrons. The molecule has 2 aliphatic rings. The van der Waals surface area contributed by atoms with Crippen molar-refractivity contribution < 1.29 is 4.39 Å². The summed E-state index contributed by atoms with van der Waals surface area (Å²) in [7, 11) is 2.18. The fraction of sp³-hybridized carbons (Fsp3) is 0.400. The van der Waals surface area contributed by atoms with Crippen LogP contribution in [-0.2, 0) is 6.42 Å². The smallest absolute Gasteiger partial charge is 0.123 e. The van der Waals surface area contributed by atoms with Crippen molar-refractivity contribution in [1.29, 1.82) is 0 Å². The van der Waals surface area contributed by atoms with E-state index in [4.69, 9.17) is 0 Å². The summed E-state index contributed by atoms with van der Waals surface area (Å²) in [4.78, 5) is 7.47. The lowest BCUT2D eigenvalue weighted by Gasteiger charge is -2.38. The highest BCUT2D eigenvalue weighted by Crippen LogP contribution is 2.43. The summed E-state index contributed by atoms with van der Waals surface area (Å²) in [6.07, 6.45) is 0.889. The van der Waals surface area contributed by atoms with Gasteiger partial charge >= 0.3 is 0 Å². The van der Waals surface area contributed by atoms with E-state index in [1.807, 2.05) is 6.07 Å². The predicted molar refractivity (Wildman–Crippen MR) is 97.2 cm³/mol. The summed E-state index contributed by atoms with van der Waals surface area (Å²) < 4.78 is 13.8. The summed E-state index contributed by atoms with van der Waals surface area (Å²) in [5.41, 5.74) is 3.84. The number of hydrogen-bond donors (Lipinski definition) is 0. The topological polar surface area (TPSA) is 6.48 Å². The molecule has 2 nitrogen and oxygen atoms in total. The summed E-state index contributed by atoms with van der Waals surface area (Å²) in [6.45, 7) is 6.50. The average Bonchev–Trinajstić information content (AvgIpc) is 2.72. The van der Waals surface area contributed by atoms with Crippen LogP contribution in [0.5, 0.6) is 0 Å². The molecule has 0 amide bonds. The Kier molecular flexibility index (Phi) is 4.37. The molecule has 0 radical (unpaired) electrons. The number of likely N-dealkylation sites (N-methyl/N-ethyl adjacent to an activating group) is 1. The van der Waals surface area contributed by atoms with E-state index in [-0.39, 0.29) is 5.82 Å². The van der Waals surface area contributed by atoms with Crippen LogP contribution in [0.2, 0.25) is 0 Å². The Morgan fingerprint density at radius 3 is 2.54 bits per heavy atom. The van der Waals surface area contributed by atoms with Crippen molar-refractivity contribution in [3.63, 3.8) is 0 Å². The van der Waals surface area contributed by atoms with Gasteiger partial charge in [-0.1, -0.05) is 29.5 Å². The molecule has 1 fully saturated rings. The number of halogens is 1. The molecule has 1 atom stereocenters. The van der Waals surface area contributed by atoms with Gasteiger partial charge in [-0.05, 0) is 55.8 Å². The first kappa shape index (κ1) is 16.1. The standard InChI is InChI=1S/C20H23FN2S/c1-14-3-5-20-17(11-14)18(23-9-7-22(2)8-10-23)13-15-12-16(21)4-6-19(15)24-20/h3-6,11-12,18H,7-10,13H2,1-2H3. The number of fused-ring (bicyclic) bond motifs is 2. The van der Waals surface area contributed by atoms with Crippen LogP contribution < -0.4 is 0 Å². The molecular formula is C20H23FN2S. The Morgan fingerprint density at radius 1 is 1.00 bits per heavy atom. The molecule has 4 heteroatoms. The molecule has 2 heterocycles. The molecule has 1 unspecified atom stereocenters. The molecule has 24 heavy (non-hydrogen) atoms. The third-order valence-electron chi connectivity index (χ3n) is 5.16. The molecule has 1 saturated heterocycles. The quantitative estimate of drug-likeness (QED) is 0.769. The van der Waals surface area contributed by atoms with Gasteiger partial charge in [-0.2, -0.15) is 0 Å². The van der Waals surface area contributed by atoms with Gasteiger partial charge in [-0.25, -0.2) is 4.39 Å². The van der Waals surface area contributed by atoms with Crippen LogP contribution in [-0.4, -0.2) is 43.0 Å². The highest BCUT2D eigenvalue weighted by atomic mass is 32.2. The van der Waals surface area contributed by atoms with E-state index in [1.165, 1.54) is 20.9 Å². The number of rotatable bonds is 1. The largest absolute Gasteiger partial charge is 0.304 e. The number of piperazine rings is 1. The molecule has 0 bridgehead atoms. The van der Waals surface area contributed by atoms with Gasteiger partial charge in [0.25, 0.3) is 0 Å². The molecule has 2 aromatic rings. The zero-order valence-electron chi connectivity index (χ0n) is 14.3. The minimum atomic E-state index is -0.131. The number of aryl methyl sites for hydroxylation is 1. The van der Waals surface area contributed by atoms with Crippen LogP contribution in [0, 0.1) is 12.7 Å². The van der Waals surface area contributed by atoms with Crippen LogP contribution in [0.4, 0.5) is 4.39 Å². The van der Waals surface area contributed by atoms with Crippen LogP contribution in [0.25, 0.3) is 0 Å². The van der Waals surface area contributed by atoms with Crippen molar-refractivity contribution in [1.82, 2.24) is 9.80 Å². The fourth-order valence-corrected chi connectivity index (χ4v) is 4.82. The SMILES string of the molecule is Cc1ccc2c(c1)C(N1CCN(C)CC1)Cc1cc(F)ccc1S2. The zero-order chi connectivity index (χ0) is 16.7. The lowest BCUT2D eigenvalue weighted by molar-refractivity contribution is 0.110. The molecule has 4 rings (SSSR count). The van der Waals surface area contributed by atoms with Gasteiger partial charge in [-0.15, -0.1) is 0 Å². The molecule has 2 aliphatic heterocycles. The van der Waals surface area contributed by atoms with Crippen molar-refractivity contribution in [2.24, 2.45) is 0 Å². The zero-order valence-corrected chi connectivity index (χ0v) is 15.1. The van der Waals surface area contributed by atoms with Gasteiger partial charge in [0.15, 0.2) is 0 Å². The lowest BCUT2D eigenvalue weighted by Crippen LogP contribution is -2.46. The fourth-order valence-electron chi connectivity index (χ4n) is 3.72. The molecule has 0 spiro atoms. The van der Waals surface area contributed by atoms with E-state index in [0.717, 1.165) is 38.2 Å². The first-order valence-corrected chi connectivity index (χ1v) is 9.41. The maximum absolute atomic E-state index is 13.8. The maximum atomic E-state index is 13.8. The first-order chi connectivity index (χ1) is 11.6. The van der Waals surface area contributed by atoms with E-state index in [1.54, 1.807) is 23.9 Å². The molecule has 0 aliphatic carbocycles. The molecule has 0 N–H and O–H groups in total. The highest BCUT2D eigenvalue weighted by molar-refractivity contribution is 7.99. The summed E-state index contributed by atoms with van der Waals surface area (Å²) in [5, 5.41) is 0. The van der Waals surface area contributed by atoms with E-state index < -0.39 is 0 Å². The minimum Gasteiger partial charge on any atom is -0.304 e. The van der Waals surface area contributed by atoms with Crippen molar-refractivity contribution in [3.8, 4) is 0 Å². The second-order valence-electron chi connectivity index (χ2n) is 6.95. The van der Waals surface area contributed by atoms with Gasteiger partial charge in [0.2, 0.25) is 0 Å². The summed E-state index contributed by atoms with van der Waals surface area (Å²) >= 11 is 1.79. The van der Waals surface area contributed by atoms with Gasteiger partial charge in [0, 0.05) is 42.0 Å². The van der Waals surface area contributed by atoms with E-state index >= 15 is 0 Å². The number of benzene rings is 2. The van der Waals surface area contributed by atoms with Gasteiger partial charge in [-0.3, -0.25) is 4.90 Å². The predicted octanol–water partition coefficient (Wildman–Crippen LogP) is 4.13. The third kappa shape index (κ3) is 3.10. The van der Waals surface area contributed by atoms with Crippen molar-refractivity contribution in [3.05, 3.63) is 58.9 Å². The Morgan fingerprint density at radius 2 is 1.75 bits per heavy atom. The number of hydrogen-bond acceptors (Lipinski definition) is 3. The van der Waals surface area contributed by atoms with Crippen molar-refractivity contribution in [2.45, 2.75) is 29.2 Å². The molecular weight excluding hydrogens is 319 g/mol. The second kappa shape index (κ2) is 6.51. The third-order valence-corrected chi connectivity index (χ3v) is 6.37. The summed E-state index contributed by atoms with van der Waals surface area (Å²) in [6, 6.07) is 12.3. The molecule has 2 aromatic carbocycles. The Bertz CT molecular complexity index is 753. The van der Waals surface area contributed by atoms with Crippen LogP contribution in [0.15, 0.2) is 46.2 Å². The molecule has 0 aromatic heterocycles. The van der Waals surface area contributed by atoms with Crippen molar-refractivity contribution in [2.75, 3.05) is 33.2 Å². The number of nitrogens with zero attached hydrogens (tertiary/aromatic N) is 2. The van der Waals surface area contributed by atoms with Crippen LogP contribution >= 0.6 is 11.8 Å². The van der Waals surface area contributed by atoms with Gasteiger partial charge in [0.05, 0.1) is 0 Å². The van der Waals surface area contributed by atoms with E-state index in [2.05, 4.69) is 42.0 Å². The molecule has 0 saturated carbocycles. The summed E-state index contributed by atoms with van der Waals surface area (Å²) in [5.74, 6) is -0.131.